The molecule has 4 rings (SSSR count). The lowest BCUT2D eigenvalue weighted by Gasteiger charge is -2.18. The van der Waals surface area contributed by atoms with E-state index < -0.39 is 11.7 Å². The Balaban J connectivity index is 1.77. The molecule has 1 saturated carbocycles. The number of fused-ring (bicyclic) bond motifs is 1. The van der Waals surface area contributed by atoms with Crippen molar-refractivity contribution in [2.24, 2.45) is 0 Å². The molecule has 1 aliphatic rings. The number of nitrogens with zero attached hydrogens (tertiary/aromatic N) is 4. The molecule has 0 saturated heterocycles. The normalized spacial score (nSPS) is 14.6. The molecule has 0 unspecified atom stereocenters. The number of halogens is 1. The number of carbonyl (C=O) groups is 1. The summed E-state index contributed by atoms with van der Waals surface area (Å²) in [5.74, 6) is 0.381. The summed E-state index contributed by atoms with van der Waals surface area (Å²) < 4.78 is 7.61. The van der Waals surface area contributed by atoms with E-state index in [9.17, 15) is 4.79 Å². The van der Waals surface area contributed by atoms with Crippen molar-refractivity contribution in [2.45, 2.75) is 45.1 Å². The maximum Gasteiger partial charge on any atom is 0.435 e. The predicted octanol–water partition coefficient (Wildman–Crippen LogP) is 4.92. The second kappa shape index (κ2) is 6.16. The molecule has 0 N–H and O–H groups in total. The van der Waals surface area contributed by atoms with E-state index in [0.29, 0.717) is 5.92 Å². The minimum absolute atomic E-state index is 0.381. The highest BCUT2D eigenvalue weighted by molar-refractivity contribution is 9.10. The van der Waals surface area contributed by atoms with E-state index in [4.69, 9.17) is 9.72 Å². The molecule has 0 aliphatic heterocycles. The predicted molar refractivity (Wildman–Crippen MR) is 102 cm³/mol. The molecule has 0 aromatic carbocycles. The first-order valence-electron chi connectivity index (χ1n) is 8.56. The molecule has 0 radical (unpaired) electrons. The van der Waals surface area contributed by atoms with Crippen molar-refractivity contribution >= 4 is 33.1 Å². The highest BCUT2D eigenvalue weighted by Crippen LogP contribution is 2.43. The van der Waals surface area contributed by atoms with Gasteiger partial charge < -0.3 is 4.74 Å². The number of carbonyl (C=O) groups excluding carboxylic acids is 1. The Bertz CT molecular complexity index is 1000. The van der Waals surface area contributed by atoms with Crippen molar-refractivity contribution in [1.29, 1.82) is 0 Å². The standard InChI is InChI=1S/C19H19BrN4O2/c1-19(2,3)26-18(25)24-10-13(17(23-24)11-4-5-11)14-6-7-15-16(22-14)8-12(20)9-21-15/h6-11H,4-5H2,1-3H3. The van der Waals surface area contributed by atoms with E-state index in [1.54, 1.807) is 12.4 Å². The minimum atomic E-state index is -0.567. The van der Waals surface area contributed by atoms with Crippen LogP contribution >= 0.6 is 15.9 Å². The fourth-order valence-corrected chi connectivity index (χ4v) is 3.10. The molecule has 0 bridgehead atoms. The first kappa shape index (κ1) is 17.1. The zero-order chi connectivity index (χ0) is 18.5. The van der Waals surface area contributed by atoms with Crippen molar-refractivity contribution in [1.82, 2.24) is 19.7 Å². The van der Waals surface area contributed by atoms with Crippen LogP contribution < -0.4 is 0 Å². The lowest BCUT2D eigenvalue weighted by atomic mass is 10.1. The van der Waals surface area contributed by atoms with Gasteiger partial charge in [-0.1, -0.05) is 0 Å². The first-order valence-corrected chi connectivity index (χ1v) is 9.35. The minimum Gasteiger partial charge on any atom is -0.442 e. The third kappa shape index (κ3) is 3.49. The molecule has 6 nitrogen and oxygen atoms in total. The van der Waals surface area contributed by atoms with Gasteiger partial charge in [0.2, 0.25) is 0 Å². The molecule has 3 aromatic heterocycles. The number of hydrogen-bond donors (Lipinski definition) is 0. The molecule has 1 fully saturated rings. The van der Waals surface area contributed by atoms with Crippen molar-refractivity contribution in [3.05, 3.63) is 40.8 Å². The Kier molecular flexibility index (Phi) is 4.06. The first-order chi connectivity index (χ1) is 12.3. The highest BCUT2D eigenvalue weighted by Gasteiger charge is 2.31. The smallest absolute Gasteiger partial charge is 0.435 e. The number of ether oxygens (including phenoxy) is 1. The van der Waals surface area contributed by atoms with Gasteiger partial charge in [-0.2, -0.15) is 9.78 Å². The van der Waals surface area contributed by atoms with E-state index in [1.165, 1.54) is 4.68 Å². The molecular weight excluding hydrogens is 396 g/mol. The van der Waals surface area contributed by atoms with Crippen LogP contribution in [0.3, 0.4) is 0 Å². The van der Waals surface area contributed by atoms with Crippen LogP contribution in [-0.4, -0.2) is 31.4 Å². The van der Waals surface area contributed by atoms with Crippen LogP contribution in [0.25, 0.3) is 22.3 Å². The summed E-state index contributed by atoms with van der Waals surface area (Å²) in [5, 5.41) is 4.51. The van der Waals surface area contributed by atoms with Crippen LogP contribution in [0.4, 0.5) is 4.79 Å². The van der Waals surface area contributed by atoms with Crippen LogP contribution in [0.5, 0.6) is 0 Å². The Morgan fingerprint density at radius 1 is 1.27 bits per heavy atom. The van der Waals surface area contributed by atoms with E-state index in [0.717, 1.165) is 45.3 Å². The van der Waals surface area contributed by atoms with Gasteiger partial charge in [0.1, 0.15) is 5.60 Å². The van der Waals surface area contributed by atoms with Gasteiger partial charge in [-0.3, -0.25) is 4.98 Å². The van der Waals surface area contributed by atoms with Gasteiger partial charge in [0.25, 0.3) is 0 Å². The second-order valence-corrected chi connectivity index (χ2v) is 8.43. The number of rotatable bonds is 2. The molecule has 134 valence electrons. The fraction of sp³-hybridized carbons (Fsp3) is 0.368. The highest BCUT2D eigenvalue weighted by atomic mass is 79.9. The second-order valence-electron chi connectivity index (χ2n) is 7.52. The average Bonchev–Trinajstić information content (AvgIpc) is 3.30. The number of hydrogen-bond acceptors (Lipinski definition) is 5. The third-order valence-corrected chi connectivity index (χ3v) is 4.50. The van der Waals surface area contributed by atoms with Crippen LogP contribution in [-0.2, 0) is 4.74 Å². The van der Waals surface area contributed by atoms with Crippen LogP contribution in [0, 0.1) is 0 Å². The van der Waals surface area contributed by atoms with Crippen LogP contribution in [0.15, 0.2) is 35.1 Å². The molecule has 0 amide bonds. The van der Waals surface area contributed by atoms with Gasteiger partial charge in [-0.25, -0.2) is 9.78 Å². The zero-order valence-electron chi connectivity index (χ0n) is 14.9. The van der Waals surface area contributed by atoms with Gasteiger partial charge in [0, 0.05) is 28.3 Å². The molecular formula is C19H19BrN4O2. The van der Waals surface area contributed by atoms with Gasteiger partial charge in [0.05, 0.1) is 22.4 Å². The lowest BCUT2D eigenvalue weighted by molar-refractivity contribution is 0.0514. The summed E-state index contributed by atoms with van der Waals surface area (Å²) in [6, 6.07) is 5.79. The van der Waals surface area contributed by atoms with Gasteiger partial charge in [-0.15, -0.1) is 0 Å². The Morgan fingerprint density at radius 2 is 2.04 bits per heavy atom. The van der Waals surface area contributed by atoms with Gasteiger partial charge >= 0.3 is 6.09 Å². The molecule has 3 aromatic rings. The molecule has 1 aliphatic carbocycles. The largest absolute Gasteiger partial charge is 0.442 e. The molecule has 0 spiro atoms. The molecule has 26 heavy (non-hydrogen) atoms. The van der Waals surface area contributed by atoms with Crippen molar-refractivity contribution in [2.75, 3.05) is 0 Å². The summed E-state index contributed by atoms with van der Waals surface area (Å²) in [6.07, 6.45) is 5.16. The van der Waals surface area contributed by atoms with Gasteiger partial charge in [-0.05, 0) is 67.7 Å². The van der Waals surface area contributed by atoms with Crippen molar-refractivity contribution in [3.8, 4) is 11.3 Å². The molecule has 7 heteroatoms. The topological polar surface area (TPSA) is 69.9 Å². The van der Waals surface area contributed by atoms with Crippen molar-refractivity contribution in [3.63, 3.8) is 0 Å². The zero-order valence-corrected chi connectivity index (χ0v) is 16.4. The van der Waals surface area contributed by atoms with E-state index in [1.807, 2.05) is 39.0 Å². The maximum absolute atomic E-state index is 12.4. The molecule has 0 atom stereocenters. The van der Waals surface area contributed by atoms with E-state index in [-0.39, 0.29) is 0 Å². The SMILES string of the molecule is CC(C)(C)OC(=O)n1cc(-c2ccc3ncc(Br)cc3n2)c(C2CC2)n1. The van der Waals surface area contributed by atoms with Crippen molar-refractivity contribution < 1.29 is 9.53 Å². The maximum atomic E-state index is 12.4. The van der Waals surface area contributed by atoms with E-state index in [2.05, 4.69) is 26.0 Å². The Morgan fingerprint density at radius 3 is 2.73 bits per heavy atom. The molecule has 3 heterocycles. The third-order valence-electron chi connectivity index (χ3n) is 4.07. The van der Waals surface area contributed by atoms with Crippen LogP contribution in [0.2, 0.25) is 0 Å². The quantitative estimate of drug-likeness (QED) is 0.595. The lowest BCUT2D eigenvalue weighted by Crippen LogP contribution is -2.27. The summed E-state index contributed by atoms with van der Waals surface area (Å²) in [7, 11) is 0. The van der Waals surface area contributed by atoms with E-state index >= 15 is 0 Å². The Hall–Kier alpha value is -2.28. The van der Waals surface area contributed by atoms with Crippen LogP contribution in [0.1, 0.15) is 45.2 Å². The fourth-order valence-electron chi connectivity index (χ4n) is 2.78. The summed E-state index contributed by atoms with van der Waals surface area (Å²) in [6.45, 7) is 5.52. The number of aromatic nitrogens is 4. The monoisotopic (exact) mass is 414 g/mol. The summed E-state index contributed by atoms with van der Waals surface area (Å²) in [4.78, 5) is 21.5. The average molecular weight is 415 g/mol. The Labute approximate surface area is 159 Å². The summed E-state index contributed by atoms with van der Waals surface area (Å²) >= 11 is 3.43. The van der Waals surface area contributed by atoms with Gasteiger partial charge in [0.15, 0.2) is 0 Å². The summed E-state index contributed by atoms with van der Waals surface area (Å²) in [5.41, 5.74) is 3.62. The number of pyridine rings is 2.